The number of unbranched alkanes of at least 4 members (excludes halogenated alkanes) is 5. The molecule has 0 N–H and O–H groups in total. The first-order valence-corrected chi connectivity index (χ1v) is 8.66. The molecule has 0 saturated carbocycles. The maximum absolute atomic E-state index is 5.78. The zero-order valence-corrected chi connectivity index (χ0v) is 14.2. The Morgan fingerprint density at radius 3 is 2.44 bits per heavy atom. The van der Waals surface area contributed by atoms with Gasteiger partial charge in [-0.1, -0.05) is 61.0 Å². The maximum atomic E-state index is 5.78. The van der Waals surface area contributed by atoms with Crippen molar-refractivity contribution >= 4 is 31.9 Å². The topological polar surface area (TPSA) is 9.23 Å². The zero-order valence-electron chi connectivity index (χ0n) is 11.1. The van der Waals surface area contributed by atoms with Gasteiger partial charge in [0.25, 0.3) is 0 Å². The Morgan fingerprint density at radius 2 is 1.78 bits per heavy atom. The second-order valence-electron chi connectivity index (χ2n) is 4.51. The van der Waals surface area contributed by atoms with Crippen LogP contribution in [-0.2, 0) is 5.33 Å². The SMILES string of the molecule is CCCCCCCCOc1ccc(CBr)cc1Br. The van der Waals surface area contributed by atoms with Crippen LogP contribution in [0.15, 0.2) is 22.7 Å². The molecule has 0 atom stereocenters. The first kappa shape index (κ1) is 16.0. The maximum Gasteiger partial charge on any atom is 0.133 e. The van der Waals surface area contributed by atoms with Crippen LogP contribution in [0.2, 0.25) is 0 Å². The molecule has 1 aromatic rings. The zero-order chi connectivity index (χ0) is 13.2. The van der Waals surface area contributed by atoms with E-state index in [1.54, 1.807) is 0 Å². The minimum atomic E-state index is 0.818. The molecule has 1 rings (SSSR count). The largest absolute Gasteiger partial charge is 0.492 e. The average molecular weight is 378 g/mol. The van der Waals surface area contributed by atoms with Crippen molar-refractivity contribution in [2.24, 2.45) is 0 Å². The van der Waals surface area contributed by atoms with Crippen LogP contribution in [0, 0.1) is 0 Å². The second-order valence-corrected chi connectivity index (χ2v) is 5.93. The molecule has 0 aliphatic heterocycles. The fraction of sp³-hybridized carbons (Fsp3) is 0.600. The van der Waals surface area contributed by atoms with Gasteiger partial charge in [-0.2, -0.15) is 0 Å². The van der Waals surface area contributed by atoms with Crippen LogP contribution < -0.4 is 4.74 Å². The Hall–Kier alpha value is -0.0200. The number of hydrogen-bond donors (Lipinski definition) is 0. The molecule has 0 aliphatic carbocycles. The van der Waals surface area contributed by atoms with E-state index < -0.39 is 0 Å². The van der Waals surface area contributed by atoms with Crippen molar-refractivity contribution in [3.05, 3.63) is 28.2 Å². The van der Waals surface area contributed by atoms with Crippen molar-refractivity contribution in [1.82, 2.24) is 0 Å². The van der Waals surface area contributed by atoms with Gasteiger partial charge in [0.05, 0.1) is 11.1 Å². The van der Waals surface area contributed by atoms with Gasteiger partial charge in [-0.05, 0) is 40.0 Å². The monoisotopic (exact) mass is 376 g/mol. The summed E-state index contributed by atoms with van der Waals surface area (Å²) in [5, 5.41) is 0.878. The summed E-state index contributed by atoms with van der Waals surface area (Å²) in [7, 11) is 0. The van der Waals surface area contributed by atoms with E-state index in [0.29, 0.717) is 0 Å². The molecular formula is C15H22Br2O. The Labute approximate surface area is 128 Å². The lowest BCUT2D eigenvalue weighted by atomic mass is 10.1. The minimum absolute atomic E-state index is 0.818. The highest BCUT2D eigenvalue weighted by Gasteiger charge is 2.02. The molecule has 1 nitrogen and oxygen atoms in total. The Bertz CT molecular complexity index is 339. The summed E-state index contributed by atoms with van der Waals surface area (Å²) in [5.74, 6) is 0.952. The molecule has 3 heteroatoms. The van der Waals surface area contributed by atoms with Gasteiger partial charge in [0, 0.05) is 5.33 Å². The predicted molar refractivity (Wildman–Crippen MR) is 85.6 cm³/mol. The molecule has 0 heterocycles. The molecule has 0 aliphatic rings. The van der Waals surface area contributed by atoms with E-state index in [4.69, 9.17) is 4.74 Å². The number of halogens is 2. The van der Waals surface area contributed by atoms with E-state index in [0.717, 1.165) is 28.6 Å². The number of alkyl halides is 1. The lowest BCUT2D eigenvalue weighted by Crippen LogP contribution is -1.98. The third-order valence-electron chi connectivity index (χ3n) is 2.91. The van der Waals surface area contributed by atoms with Gasteiger partial charge < -0.3 is 4.74 Å². The third-order valence-corrected chi connectivity index (χ3v) is 4.17. The molecule has 1 aromatic carbocycles. The first-order chi connectivity index (χ1) is 8.77. The van der Waals surface area contributed by atoms with Crippen LogP contribution in [0.3, 0.4) is 0 Å². The van der Waals surface area contributed by atoms with Gasteiger partial charge in [-0.3, -0.25) is 0 Å². The fourth-order valence-electron chi connectivity index (χ4n) is 1.81. The molecule has 0 spiro atoms. The minimum Gasteiger partial charge on any atom is -0.492 e. The van der Waals surface area contributed by atoms with Crippen molar-refractivity contribution < 1.29 is 4.74 Å². The first-order valence-electron chi connectivity index (χ1n) is 6.75. The van der Waals surface area contributed by atoms with Crippen LogP contribution in [0.5, 0.6) is 5.75 Å². The number of benzene rings is 1. The number of rotatable bonds is 9. The van der Waals surface area contributed by atoms with E-state index in [2.05, 4.69) is 50.9 Å². The summed E-state index contributed by atoms with van der Waals surface area (Å²) in [6.45, 7) is 3.07. The fourth-order valence-corrected chi connectivity index (χ4v) is 2.70. The van der Waals surface area contributed by atoms with E-state index >= 15 is 0 Å². The quantitative estimate of drug-likeness (QED) is 0.374. The summed E-state index contributed by atoms with van der Waals surface area (Å²) in [6, 6.07) is 6.24. The van der Waals surface area contributed by atoms with Crippen molar-refractivity contribution in [2.45, 2.75) is 50.8 Å². The predicted octanol–water partition coefficient (Wildman–Crippen LogP) is 6.08. The standard InChI is InChI=1S/C15H22Br2O/c1-2-3-4-5-6-7-10-18-15-9-8-13(12-16)11-14(15)17/h8-9,11H,2-7,10,12H2,1H3. The van der Waals surface area contributed by atoms with E-state index in [1.165, 1.54) is 37.7 Å². The van der Waals surface area contributed by atoms with Crippen LogP contribution >= 0.6 is 31.9 Å². The normalized spacial score (nSPS) is 10.6. The second kappa shape index (κ2) is 9.85. The van der Waals surface area contributed by atoms with Crippen LogP contribution in [0.4, 0.5) is 0 Å². The molecule has 18 heavy (non-hydrogen) atoms. The summed E-state index contributed by atoms with van der Waals surface area (Å²) in [6.07, 6.45) is 7.79. The Morgan fingerprint density at radius 1 is 1.06 bits per heavy atom. The van der Waals surface area contributed by atoms with Crippen molar-refractivity contribution in [3.63, 3.8) is 0 Å². The summed E-state index contributed by atoms with van der Waals surface area (Å²) in [5.41, 5.74) is 1.26. The molecule has 0 saturated heterocycles. The van der Waals surface area contributed by atoms with Crippen molar-refractivity contribution in [1.29, 1.82) is 0 Å². The average Bonchev–Trinajstić information content (AvgIpc) is 2.39. The van der Waals surface area contributed by atoms with Gasteiger partial charge in [-0.25, -0.2) is 0 Å². The van der Waals surface area contributed by atoms with Crippen molar-refractivity contribution in [3.8, 4) is 5.75 Å². The summed E-state index contributed by atoms with van der Waals surface area (Å²) >= 11 is 6.99. The van der Waals surface area contributed by atoms with E-state index in [1.807, 2.05) is 6.07 Å². The number of ether oxygens (including phenoxy) is 1. The lowest BCUT2D eigenvalue weighted by Gasteiger charge is -2.09. The molecule has 0 radical (unpaired) electrons. The summed E-state index contributed by atoms with van der Waals surface area (Å²) < 4.78 is 6.83. The van der Waals surface area contributed by atoms with E-state index in [9.17, 15) is 0 Å². The van der Waals surface area contributed by atoms with Crippen molar-refractivity contribution in [2.75, 3.05) is 6.61 Å². The van der Waals surface area contributed by atoms with Gasteiger partial charge in [0.1, 0.15) is 5.75 Å². The van der Waals surface area contributed by atoms with Gasteiger partial charge in [0.15, 0.2) is 0 Å². The van der Waals surface area contributed by atoms with Crippen LogP contribution in [0.25, 0.3) is 0 Å². The van der Waals surface area contributed by atoms with E-state index in [-0.39, 0.29) is 0 Å². The summed E-state index contributed by atoms with van der Waals surface area (Å²) in [4.78, 5) is 0. The van der Waals surface area contributed by atoms with Gasteiger partial charge in [0.2, 0.25) is 0 Å². The molecule has 0 amide bonds. The molecular weight excluding hydrogens is 356 g/mol. The molecule has 0 unspecified atom stereocenters. The highest BCUT2D eigenvalue weighted by Crippen LogP contribution is 2.27. The Balaban J connectivity index is 2.19. The highest BCUT2D eigenvalue weighted by atomic mass is 79.9. The molecule has 0 aromatic heterocycles. The van der Waals surface area contributed by atoms with Crippen LogP contribution in [0.1, 0.15) is 51.0 Å². The van der Waals surface area contributed by atoms with Crippen LogP contribution in [-0.4, -0.2) is 6.61 Å². The number of hydrogen-bond acceptors (Lipinski definition) is 1. The molecule has 0 fully saturated rings. The highest BCUT2D eigenvalue weighted by molar-refractivity contribution is 9.10. The lowest BCUT2D eigenvalue weighted by molar-refractivity contribution is 0.302. The molecule has 0 bridgehead atoms. The molecule has 102 valence electrons. The third kappa shape index (κ3) is 6.24. The van der Waals surface area contributed by atoms with Gasteiger partial charge in [-0.15, -0.1) is 0 Å². The smallest absolute Gasteiger partial charge is 0.133 e. The van der Waals surface area contributed by atoms with Gasteiger partial charge >= 0.3 is 0 Å². The Kier molecular flexibility index (Phi) is 8.78.